The first-order valence-electron chi connectivity index (χ1n) is 9.35. The molecule has 3 rings (SSSR count). The van der Waals surface area contributed by atoms with Crippen molar-refractivity contribution < 1.29 is 9.53 Å². The quantitative estimate of drug-likeness (QED) is 0.815. The average Bonchev–Trinajstić information content (AvgIpc) is 2.65. The number of hydrogen-bond donors (Lipinski definition) is 1. The Morgan fingerprint density at radius 2 is 2.04 bits per heavy atom. The van der Waals surface area contributed by atoms with Crippen LogP contribution in [0.5, 0.6) is 5.88 Å². The molecule has 6 heteroatoms. The minimum Gasteiger partial charge on any atom is -0.475 e. The summed E-state index contributed by atoms with van der Waals surface area (Å²) in [5.74, 6) is 2.78. The number of carbonyl (C=O) groups is 1. The Morgan fingerprint density at radius 3 is 2.67 bits per heavy atom. The fourth-order valence-electron chi connectivity index (χ4n) is 3.00. The topological polar surface area (TPSA) is 54.5 Å². The van der Waals surface area contributed by atoms with Crippen molar-refractivity contribution in [1.29, 1.82) is 0 Å². The van der Waals surface area contributed by atoms with Crippen LogP contribution in [0.3, 0.4) is 0 Å². The van der Waals surface area contributed by atoms with E-state index >= 15 is 0 Å². The van der Waals surface area contributed by atoms with Crippen LogP contribution in [0.25, 0.3) is 0 Å². The van der Waals surface area contributed by atoms with E-state index in [0.29, 0.717) is 11.4 Å². The standard InChI is InChI=1S/C21H27N3O2S/c1-15(2)26-20-7-5-18(13-22-20)21(25)23-19-6-4-17(12-16(19)3)14-24-8-10-27-11-9-24/h4-7,12-13,15H,8-11,14H2,1-3H3,(H,23,25). The van der Waals surface area contributed by atoms with Gasteiger partial charge in [0.05, 0.1) is 11.7 Å². The molecule has 2 heterocycles. The molecule has 0 atom stereocenters. The number of ether oxygens (including phenoxy) is 1. The van der Waals surface area contributed by atoms with E-state index in [0.717, 1.165) is 30.9 Å². The summed E-state index contributed by atoms with van der Waals surface area (Å²) in [5, 5.41) is 2.98. The van der Waals surface area contributed by atoms with Crippen LogP contribution < -0.4 is 10.1 Å². The highest BCUT2D eigenvalue weighted by atomic mass is 32.2. The van der Waals surface area contributed by atoms with E-state index in [1.807, 2.05) is 38.6 Å². The lowest BCUT2D eigenvalue weighted by atomic mass is 10.1. The van der Waals surface area contributed by atoms with Gasteiger partial charge < -0.3 is 10.1 Å². The summed E-state index contributed by atoms with van der Waals surface area (Å²) < 4.78 is 5.51. The van der Waals surface area contributed by atoms with Gasteiger partial charge in [0.25, 0.3) is 5.91 Å². The Bertz CT molecular complexity index is 771. The van der Waals surface area contributed by atoms with Crippen LogP contribution in [0.1, 0.15) is 35.3 Å². The van der Waals surface area contributed by atoms with E-state index in [4.69, 9.17) is 4.74 Å². The number of aryl methyl sites for hydroxylation is 1. The second-order valence-electron chi connectivity index (χ2n) is 7.04. The van der Waals surface area contributed by atoms with Crippen molar-refractivity contribution in [1.82, 2.24) is 9.88 Å². The number of pyridine rings is 1. The van der Waals surface area contributed by atoms with Gasteiger partial charge in [0.1, 0.15) is 0 Å². The number of rotatable bonds is 6. The molecule has 1 fully saturated rings. The van der Waals surface area contributed by atoms with Crippen LogP contribution in [0, 0.1) is 6.92 Å². The van der Waals surface area contributed by atoms with Crippen LogP contribution in [0.4, 0.5) is 5.69 Å². The number of aromatic nitrogens is 1. The summed E-state index contributed by atoms with van der Waals surface area (Å²) in [4.78, 5) is 19.2. The van der Waals surface area contributed by atoms with Crippen molar-refractivity contribution in [2.75, 3.05) is 29.9 Å². The summed E-state index contributed by atoms with van der Waals surface area (Å²) in [6, 6.07) is 9.71. The molecule has 0 unspecified atom stereocenters. The first-order valence-corrected chi connectivity index (χ1v) is 10.5. The lowest BCUT2D eigenvalue weighted by Gasteiger charge is -2.26. The largest absolute Gasteiger partial charge is 0.475 e. The summed E-state index contributed by atoms with van der Waals surface area (Å²) in [7, 11) is 0. The number of hydrogen-bond acceptors (Lipinski definition) is 5. The van der Waals surface area contributed by atoms with E-state index < -0.39 is 0 Å². The molecule has 27 heavy (non-hydrogen) atoms. The van der Waals surface area contributed by atoms with Crippen LogP contribution in [0.2, 0.25) is 0 Å². The molecular weight excluding hydrogens is 358 g/mol. The molecule has 0 bridgehead atoms. The maximum Gasteiger partial charge on any atom is 0.257 e. The molecule has 1 aromatic carbocycles. The predicted octanol–water partition coefficient (Wildman–Crippen LogP) is 3.98. The molecule has 1 aliphatic heterocycles. The van der Waals surface area contributed by atoms with E-state index in [1.165, 1.54) is 17.1 Å². The van der Waals surface area contributed by atoms with Gasteiger partial charge in [0.15, 0.2) is 0 Å². The molecular formula is C21H27N3O2S. The maximum absolute atomic E-state index is 12.5. The van der Waals surface area contributed by atoms with Crippen LogP contribution in [-0.2, 0) is 6.54 Å². The average molecular weight is 386 g/mol. The van der Waals surface area contributed by atoms with Crippen LogP contribution >= 0.6 is 11.8 Å². The first-order chi connectivity index (χ1) is 13.0. The zero-order valence-corrected chi connectivity index (χ0v) is 17.0. The lowest BCUT2D eigenvalue weighted by molar-refractivity contribution is 0.102. The fourth-order valence-corrected chi connectivity index (χ4v) is 3.98. The minimum atomic E-state index is -0.164. The normalized spacial score (nSPS) is 15.0. The van der Waals surface area contributed by atoms with Gasteiger partial charge in [-0.05, 0) is 44.0 Å². The molecule has 1 N–H and O–H groups in total. The molecule has 0 aliphatic carbocycles. The van der Waals surface area contributed by atoms with Gasteiger partial charge in [-0.2, -0.15) is 11.8 Å². The molecule has 0 saturated carbocycles. The number of benzene rings is 1. The van der Waals surface area contributed by atoms with Gasteiger partial charge in [0, 0.05) is 49.1 Å². The number of anilines is 1. The SMILES string of the molecule is Cc1cc(CN2CCSCC2)ccc1NC(=O)c1ccc(OC(C)C)nc1. The van der Waals surface area contributed by atoms with E-state index in [-0.39, 0.29) is 12.0 Å². The van der Waals surface area contributed by atoms with Gasteiger partial charge in [0.2, 0.25) is 5.88 Å². The number of nitrogens with zero attached hydrogens (tertiary/aromatic N) is 2. The van der Waals surface area contributed by atoms with E-state index in [9.17, 15) is 4.79 Å². The van der Waals surface area contributed by atoms with E-state index in [1.54, 1.807) is 18.3 Å². The number of amides is 1. The molecule has 1 saturated heterocycles. The van der Waals surface area contributed by atoms with E-state index in [2.05, 4.69) is 27.3 Å². The Morgan fingerprint density at radius 1 is 1.26 bits per heavy atom. The van der Waals surface area contributed by atoms with Crippen molar-refractivity contribution in [2.45, 2.75) is 33.4 Å². The third-order valence-corrected chi connectivity index (χ3v) is 5.35. The molecule has 2 aromatic rings. The van der Waals surface area contributed by atoms with Gasteiger partial charge in [-0.1, -0.05) is 12.1 Å². The third-order valence-electron chi connectivity index (χ3n) is 4.40. The number of carbonyl (C=O) groups excluding carboxylic acids is 1. The second-order valence-corrected chi connectivity index (χ2v) is 8.27. The number of thioether (sulfide) groups is 1. The third kappa shape index (κ3) is 5.71. The highest BCUT2D eigenvalue weighted by Gasteiger charge is 2.13. The summed E-state index contributed by atoms with van der Waals surface area (Å²) in [6.07, 6.45) is 1.60. The molecule has 1 amide bonds. The van der Waals surface area contributed by atoms with Gasteiger partial charge in [-0.25, -0.2) is 4.98 Å². The first kappa shape index (κ1) is 19.7. The lowest BCUT2D eigenvalue weighted by Crippen LogP contribution is -2.31. The predicted molar refractivity (Wildman–Crippen MR) is 112 cm³/mol. The Hall–Kier alpha value is -2.05. The van der Waals surface area contributed by atoms with Crippen molar-refractivity contribution in [3.8, 4) is 5.88 Å². The Balaban J connectivity index is 1.61. The monoisotopic (exact) mass is 385 g/mol. The van der Waals surface area contributed by atoms with Gasteiger partial charge in [-0.15, -0.1) is 0 Å². The maximum atomic E-state index is 12.5. The van der Waals surface area contributed by atoms with Crippen LogP contribution in [0.15, 0.2) is 36.5 Å². The highest BCUT2D eigenvalue weighted by Crippen LogP contribution is 2.20. The van der Waals surface area contributed by atoms with Crippen molar-refractivity contribution in [3.05, 3.63) is 53.2 Å². The fraction of sp³-hybridized carbons (Fsp3) is 0.429. The zero-order valence-electron chi connectivity index (χ0n) is 16.2. The van der Waals surface area contributed by atoms with Crippen LogP contribution in [-0.4, -0.2) is 46.5 Å². The minimum absolute atomic E-state index is 0.0574. The second kappa shape index (κ2) is 9.24. The smallest absolute Gasteiger partial charge is 0.257 e. The van der Waals surface area contributed by atoms with Gasteiger partial charge >= 0.3 is 0 Å². The molecule has 0 radical (unpaired) electrons. The van der Waals surface area contributed by atoms with Crippen molar-refractivity contribution in [2.24, 2.45) is 0 Å². The molecule has 1 aromatic heterocycles. The highest BCUT2D eigenvalue weighted by molar-refractivity contribution is 7.99. The molecule has 0 spiro atoms. The summed E-state index contributed by atoms with van der Waals surface area (Å²) >= 11 is 2.02. The van der Waals surface area contributed by atoms with Crippen molar-refractivity contribution in [3.63, 3.8) is 0 Å². The zero-order chi connectivity index (χ0) is 19.2. The Labute approximate surface area is 165 Å². The molecule has 5 nitrogen and oxygen atoms in total. The Kier molecular flexibility index (Phi) is 6.74. The molecule has 144 valence electrons. The summed E-state index contributed by atoms with van der Waals surface area (Å²) in [5.41, 5.74) is 3.70. The summed E-state index contributed by atoms with van der Waals surface area (Å²) in [6.45, 7) is 9.18. The van der Waals surface area contributed by atoms with Gasteiger partial charge in [-0.3, -0.25) is 9.69 Å². The number of nitrogens with one attached hydrogen (secondary N) is 1. The molecule has 1 aliphatic rings. The van der Waals surface area contributed by atoms with Crippen molar-refractivity contribution >= 4 is 23.4 Å².